The molecule has 2 atom stereocenters. The van der Waals surface area contributed by atoms with Crippen molar-refractivity contribution in [3.63, 3.8) is 0 Å². The van der Waals surface area contributed by atoms with E-state index in [9.17, 15) is 9.59 Å². The van der Waals surface area contributed by atoms with Crippen LogP contribution in [-0.4, -0.2) is 28.0 Å². The van der Waals surface area contributed by atoms with E-state index in [1.165, 1.54) is 11.1 Å². The van der Waals surface area contributed by atoms with Crippen LogP contribution in [0.5, 0.6) is 0 Å². The number of hydrogen-bond acceptors (Lipinski definition) is 2. The fraction of sp³-hybridized carbons (Fsp3) is 0.412. The Bertz CT molecular complexity index is 748. The van der Waals surface area contributed by atoms with Gasteiger partial charge in [0, 0.05) is 16.9 Å². The molecule has 0 spiro atoms. The number of carboxylic acid groups (broad SMARTS) is 1. The Morgan fingerprint density at radius 2 is 2.05 bits per heavy atom. The zero-order valence-corrected chi connectivity index (χ0v) is 12.8. The molecule has 1 aliphatic carbocycles. The third-order valence-electron chi connectivity index (χ3n) is 4.71. The van der Waals surface area contributed by atoms with Gasteiger partial charge in [-0.05, 0) is 56.4 Å². The van der Waals surface area contributed by atoms with Crippen molar-refractivity contribution in [3.05, 3.63) is 35.0 Å². The van der Waals surface area contributed by atoms with Gasteiger partial charge in [0.2, 0.25) is 0 Å². The van der Waals surface area contributed by atoms with E-state index >= 15 is 0 Å². The maximum Gasteiger partial charge on any atom is 0.306 e. The van der Waals surface area contributed by atoms with E-state index in [0.29, 0.717) is 18.5 Å². The molecular weight excluding hydrogens is 280 g/mol. The van der Waals surface area contributed by atoms with Crippen LogP contribution in [0.15, 0.2) is 18.2 Å². The van der Waals surface area contributed by atoms with Crippen LogP contribution >= 0.6 is 0 Å². The van der Waals surface area contributed by atoms with Crippen molar-refractivity contribution < 1.29 is 14.7 Å². The summed E-state index contributed by atoms with van der Waals surface area (Å²) in [5.41, 5.74) is 3.84. The van der Waals surface area contributed by atoms with Crippen molar-refractivity contribution in [2.24, 2.45) is 5.92 Å². The van der Waals surface area contributed by atoms with Gasteiger partial charge in [0.25, 0.3) is 5.91 Å². The average Bonchev–Trinajstić information content (AvgIpc) is 3.09. The number of aromatic nitrogens is 1. The van der Waals surface area contributed by atoms with Crippen LogP contribution in [0.2, 0.25) is 0 Å². The summed E-state index contributed by atoms with van der Waals surface area (Å²) in [5, 5.41) is 13.0. The van der Waals surface area contributed by atoms with E-state index in [4.69, 9.17) is 5.11 Å². The highest BCUT2D eigenvalue weighted by Crippen LogP contribution is 2.26. The Labute approximate surface area is 128 Å². The van der Waals surface area contributed by atoms with E-state index in [2.05, 4.69) is 10.3 Å². The molecule has 0 saturated heterocycles. The molecule has 1 fully saturated rings. The third kappa shape index (κ3) is 2.58. The highest BCUT2D eigenvalue weighted by atomic mass is 16.4. The number of rotatable bonds is 3. The number of benzene rings is 1. The largest absolute Gasteiger partial charge is 0.481 e. The molecule has 1 aliphatic rings. The summed E-state index contributed by atoms with van der Waals surface area (Å²) in [6, 6.07) is 5.83. The van der Waals surface area contributed by atoms with E-state index in [1.54, 1.807) is 0 Å². The second kappa shape index (κ2) is 5.48. The first-order valence-corrected chi connectivity index (χ1v) is 7.58. The first-order chi connectivity index (χ1) is 10.5. The Balaban J connectivity index is 1.76. The lowest BCUT2D eigenvalue weighted by molar-refractivity contribution is -0.141. The molecule has 22 heavy (non-hydrogen) atoms. The molecule has 2 aromatic rings. The number of nitrogens with one attached hydrogen (secondary N) is 2. The zero-order chi connectivity index (χ0) is 15.9. The summed E-state index contributed by atoms with van der Waals surface area (Å²) < 4.78 is 0. The molecular formula is C17H20N2O3. The Morgan fingerprint density at radius 3 is 2.73 bits per heavy atom. The lowest BCUT2D eigenvalue weighted by Crippen LogP contribution is -2.33. The van der Waals surface area contributed by atoms with Gasteiger partial charge in [-0.3, -0.25) is 9.59 Å². The Morgan fingerprint density at radius 1 is 1.27 bits per heavy atom. The molecule has 1 amide bonds. The molecule has 0 radical (unpaired) electrons. The van der Waals surface area contributed by atoms with E-state index in [-0.39, 0.29) is 17.9 Å². The number of hydrogen-bond donors (Lipinski definition) is 3. The van der Waals surface area contributed by atoms with Crippen molar-refractivity contribution in [1.29, 1.82) is 0 Å². The van der Waals surface area contributed by atoms with Crippen LogP contribution in [-0.2, 0) is 4.79 Å². The fourth-order valence-corrected chi connectivity index (χ4v) is 3.18. The Hall–Kier alpha value is -2.30. The maximum absolute atomic E-state index is 12.4. The number of carboxylic acids is 1. The van der Waals surface area contributed by atoms with Gasteiger partial charge in [0.15, 0.2) is 0 Å². The molecule has 3 rings (SSSR count). The number of aliphatic carboxylic acids is 1. The number of H-pyrrole nitrogens is 1. The van der Waals surface area contributed by atoms with Gasteiger partial charge in [0.1, 0.15) is 5.69 Å². The van der Waals surface area contributed by atoms with Crippen LogP contribution in [0.4, 0.5) is 0 Å². The number of fused-ring (bicyclic) bond motifs is 1. The second-order valence-electron chi connectivity index (χ2n) is 6.17. The number of carbonyl (C=O) groups is 2. The van der Waals surface area contributed by atoms with Gasteiger partial charge in [-0.25, -0.2) is 0 Å². The highest BCUT2D eigenvalue weighted by molar-refractivity contribution is 5.99. The minimum absolute atomic E-state index is 0.0529. The summed E-state index contributed by atoms with van der Waals surface area (Å²) in [6.07, 6.45) is 1.87. The van der Waals surface area contributed by atoms with Crippen molar-refractivity contribution in [2.45, 2.75) is 39.2 Å². The molecule has 3 N–H and O–H groups in total. The van der Waals surface area contributed by atoms with Crippen molar-refractivity contribution in [3.8, 4) is 0 Å². The summed E-state index contributed by atoms with van der Waals surface area (Å²) in [4.78, 5) is 26.5. The van der Waals surface area contributed by atoms with Crippen molar-refractivity contribution in [1.82, 2.24) is 10.3 Å². The number of amides is 1. The molecule has 1 aromatic carbocycles. The monoisotopic (exact) mass is 300 g/mol. The van der Waals surface area contributed by atoms with Crippen LogP contribution in [0, 0.1) is 19.8 Å². The normalized spacial score (nSPS) is 21.2. The Kier molecular flexibility index (Phi) is 3.64. The van der Waals surface area contributed by atoms with Gasteiger partial charge in [-0.15, -0.1) is 0 Å². The number of aryl methyl sites for hydroxylation is 2. The van der Waals surface area contributed by atoms with E-state index < -0.39 is 5.97 Å². The average molecular weight is 300 g/mol. The fourth-order valence-electron chi connectivity index (χ4n) is 3.18. The number of aromatic amines is 1. The predicted molar refractivity (Wildman–Crippen MR) is 84.0 cm³/mol. The van der Waals surface area contributed by atoms with E-state index in [0.717, 1.165) is 17.3 Å². The molecule has 1 aromatic heterocycles. The predicted octanol–water partition coefficient (Wildman–Crippen LogP) is 2.77. The summed E-state index contributed by atoms with van der Waals surface area (Å²) in [6.45, 7) is 4.09. The number of carbonyl (C=O) groups excluding carboxylic acids is 1. The highest BCUT2D eigenvalue weighted by Gasteiger charge is 2.30. The summed E-state index contributed by atoms with van der Waals surface area (Å²) in [5.74, 6) is -1.27. The van der Waals surface area contributed by atoms with Gasteiger partial charge in [0.05, 0.1) is 5.92 Å². The van der Waals surface area contributed by atoms with Gasteiger partial charge in [-0.2, -0.15) is 0 Å². The summed E-state index contributed by atoms with van der Waals surface area (Å²) >= 11 is 0. The van der Waals surface area contributed by atoms with Crippen molar-refractivity contribution in [2.75, 3.05) is 0 Å². The topological polar surface area (TPSA) is 82.2 Å². The van der Waals surface area contributed by atoms with Gasteiger partial charge in [-0.1, -0.05) is 6.07 Å². The molecule has 5 heteroatoms. The van der Waals surface area contributed by atoms with Crippen LogP contribution in [0.3, 0.4) is 0 Å². The summed E-state index contributed by atoms with van der Waals surface area (Å²) in [7, 11) is 0. The van der Waals surface area contributed by atoms with Crippen molar-refractivity contribution >= 4 is 22.8 Å². The van der Waals surface area contributed by atoms with E-state index in [1.807, 2.05) is 32.0 Å². The smallest absolute Gasteiger partial charge is 0.306 e. The third-order valence-corrected chi connectivity index (χ3v) is 4.71. The zero-order valence-electron chi connectivity index (χ0n) is 12.8. The minimum atomic E-state index is -0.770. The molecule has 1 heterocycles. The lowest BCUT2D eigenvalue weighted by Gasteiger charge is -2.11. The van der Waals surface area contributed by atoms with Crippen LogP contribution < -0.4 is 5.32 Å². The first kappa shape index (κ1) is 14.6. The molecule has 1 saturated carbocycles. The molecule has 0 bridgehead atoms. The maximum atomic E-state index is 12.4. The molecule has 0 aliphatic heterocycles. The lowest BCUT2D eigenvalue weighted by atomic mass is 10.1. The van der Waals surface area contributed by atoms with Gasteiger partial charge >= 0.3 is 5.97 Å². The molecule has 5 nitrogen and oxygen atoms in total. The quantitative estimate of drug-likeness (QED) is 0.815. The first-order valence-electron chi connectivity index (χ1n) is 7.58. The SMILES string of the molecule is Cc1ccc2[nH]c(C(=O)NC3CCC(C(=O)O)C3)cc2c1C. The second-order valence-corrected chi connectivity index (χ2v) is 6.17. The standard InChI is InChI=1S/C17H20N2O3/c1-9-3-6-14-13(10(9)2)8-15(19-14)16(20)18-12-5-4-11(7-12)17(21)22/h3,6,8,11-12,19H,4-5,7H2,1-2H3,(H,18,20)(H,21,22). The van der Waals surface area contributed by atoms with Crippen LogP contribution in [0.25, 0.3) is 10.9 Å². The minimum Gasteiger partial charge on any atom is -0.481 e. The van der Waals surface area contributed by atoms with Crippen LogP contribution in [0.1, 0.15) is 40.9 Å². The molecule has 116 valence electrons. The van der Waals surface area contributed by atoms with Gasteiger partial charge < -0.3 is 15.4 Å². The molecule has 2 unspecified atom stereocenters.